The van der Waals surface area contributed by atoms with Gasteiger partial charge in [-0.05, 0) is 6.42 Å². The van der Waals surface area contributed by atoms with E-state index in [2.05, 4.69) is 27.0 Å². The van der Waals surface area contributed by atoms with E-state index in [4.69, 9.17) is 15.0 Å². The molecule has 0 bridgehead atoms. The van der Waals surface area contributed by atoms with E-state index in [0.717, 1.165) is 12.8 Å². The van der Waals surface area contributed by atoms with Gasteiger partial charge in [0.05, 0.1) is 13.0 Å². The van der Waals surface area contributed by atoms with Crippen molar-refractivity contribution in [3.05, 3.63) is 18.3 Å². The minimum absolute atomic E-state index is 0.0926. The minimum atomic E-state index is 0.0926. The zero-order valence-corrected chi connectivity index (χ0v) is 11.0. The van der Waals surface area contributed by atoms with Crippen LogP contribution in [0.1, 0.15) is 31.6 Å². The van der Waals surface area contributed by atoms with Crippen molar-refractivity contribution in [2.75, 3.05) is 13.7 Å². The Morgan fingerprint density at radius 2 is 2.26 bits per heavy atom. The summed E-state index contributed by atoms with van der Waals surface area (Å²) in [7, 11) is 1.54. The molecule has 0 aromatic carbocycles. The van der Waals surface area contributed by atoms with E-state index in [9.17, 15) is 0 Å². The number of nitrogens with zero attached hydrogens (tertiary/aromatic N) is 4. The van der Waals surface area contributed by atoms with E-state index in [1.54, 1.807) is 13.2 Å². The molecule has 0 aliphatic heterocycles. The fourth-order valence-electron chi connectivity index (χ4n) is 1.77. The van der Waals surface area contributed by atoms with Gasteiger partial charge in [-0.3, -0.25) is 0 Å². The quantitative estimate of drug-likeness (QED) is 0.840. The maximum Gasteiger partial charge on any atom is 0.231 e. The topological polar surface area (TPSA) is 100.0 Å². The van der Waals surface area contributed by atoms with Crippen LogP contribution in [0.4, 0.5) is 0 Å². The molecule has 7 nitrogen and oxygen atoms in total. The second-order valence-electron chi connectivity index (χ2n) is 4.12. The molecule has 2 aromatic heterocycles. The van der Waals surface area contributed by atoms with Gasteiger partial charge in [-0.2, -0.15) is 4.98 Å². The minimum Gasteiger partial charge on any atom is -0.481 e. The van der Waals surface area contributed by atoms with Crippen LogP contribution in [0.2, 0.25) is 0 Å². The molecule has 102 valence electrons. The number of methoxy groups -OCH3 is 1. The summed E-state index contributed by atoms with van der Waals surface area (Å²) in [5, 5.41) is 3.93. The summed E-state index contributed by atoms with van der Waals surface area (Å²) in [5.74, 6) is 1.53. The van der Waals surface area contributed by atoms with Gasteiger partial charge in [0.1, 0.15) is 12.0 Å². The lowest BCUT2D eigenvalue weighted by Crippen LogP contribution is -2.12. The molecule has 2 aromatic rings. The Morgan fingerprint density at radius 1 is 1.42 bits per heavy atom. The van der Waals surface area contributed by atoms with E-state index in [0.29, 0.717) is 29.8 Å². The zero-order chi connectivity index (χ0) is 13.7. The van der Waals surface area contributed by atoms with Crippen molar-refractivity contribution in [1.29, 1.82) is 0 Å². The summed E-state index contributed by atoms with van der Waals surface area (Å²) in [6.45, 7) is 2.58. The maximum absolute atomic E-state index is 5.71. The molecule has 1 unspecified atom stereocenters. The summed E-state index contributed by atoms with van der Waals surface area (Å²) in [5.41, 5.74) is 6.28. The van der Waals surface area contributed by atoms with Crippen LogP contribution in [0, 0.1) is 0 Å². The molecule has 1 atom stereocenters. The maximum atomic E-state index is 5.71. The Morgan fingerprint density at radius 3 is 2.95 bits per heavy atom. The fourth-order valence-corrected chi connectivity index (χ4v) is 1.77. The van der Waals surface area contributed by atoms with Crippen LogP contribution in [-0.4, -0.2) is 33.8 Å². The predicted molar refractivity (Wildman–Crippen MR) is 68.6 cm³/mol. The SMILES string of the molecule is CCCC(CN)c1nc(-c2cc(OC)ncn2)no1. The van der Waals surface area contributed by atoms with E-state index in [1.165, 1.54) is 6.33 Å². The number of hydrogen-bond donors (Lipinski definition) is 1. The van der Waals surface area contributed by atoms with Crippen molar-refractivity contribution in [3.63, 3.8) is 0 Å². The molecule has 19 heavy (non-hydrogen) atoms. The Balaban J connectivity index is 2.24. The van der Waals surface area contributed by atoms with Crippen molar-refractivity contribution in [1.82, 2.24) is 20.1 Å². The number of nitrogens with two attached hydrogens (primary N) is 1. The van der Waals surface area contributed by atoms with Crippen molar-refractivity contribution in [3.8, 4) is 17.4 Å². The standard InChI is InChI=1S/C12H17N5O2/c1-3-4-8(6-13)12-16-11(17-19-12)9-5-10(18-2)15-7-14-9/h5,7-8H,3-4,6,13H2,1-2H3. The monoisotopic (exact) mass is 263 g/mol. The van der Waals surface area contributed by atoms with Crippen LogP contribution >= 0.6 is 0 Å². The lowest BCUT2D eigenvalue weighted by atomic mass is 10.0. The molecule has 0 saturated heterocycles. The van der Waals surface area contributed by atoms with E-state index in [-0.39, 0.29) is 5.92 Å². The predicted octanol–water partition coefficient (Wildman–Crippen LogP) is 1.38. The first-order valence-electron chi connectivity index (χ1n) is 6.18. The van der Waals surface area contributed by atoms with Crippen molar-refractivity contribution >= 4 is 0 Å². The zero-order valence-electron chi connectivity index (χ0n) is 11.0. The Hall–Kier alpha value is -2.02. The van der Waals surface area contributed by atoms with Crippen LogP contribution < -0.4 is 10.5 Å². The number of rotatable bonds is 6. The van der Waals surface area contributed by atoms with Gasteiger partial charge >= 0.3 is 0 Å². The average Bonchev–Trinajstić information content (AvgIpc) is 2.94. The van der Waals surface area contributed by atoms with E-state index < -0.39 is 0 Å². The van der Waals surface area contributed by atoms with Gasteiger partial charge in [0.25, 0.3) is 0 Å². The van der Waals surface area contributed by atoms with Gasteiger partial charge in [0, 0.05) is 12.6 Å². The molecule has 0 amide bonds. The summed E-state index contributed by atoms with van der Waals surface area (Å²) >= 11 is 0. The van der Waals surface area contributed by atoms with Gasteiger partial charge in [-0.15, -0.1) is 0 Å². The van der Waals surface area contributed by atoms with Gasteiger partial charge in [0.2, 0.25) is 17.6 Å². The molecule has 0 aliphatic rings. The van der Waals surface area contributed by atoms with Gasteiger partial charge in [-0.1, -0.05) is 18.5 Å². The van der Waals surface area contributed by atoms with Gasteiger partial charge in [-0.25, -0.2) is 9.97 Å². The molecule has 0 saturated carbocycles. The van der Waals surface area contributed by atoms with Crippen LogP contribution in [-0.2, 0) is 0 Å². The van der Waals surface area contributed by atoms with Gasteiger partial charge < -0.3 is 15.0 Å². The Labute approximate surface area is 111 Å². The summed E-state index contributed by atoms with van der Waals surface area (Å²) < 4.78 is 10.3. The average molecular weight is 263 g/mol. The van der Waals surface area contributed by atoms with Crippen LogP contribution in [0.5, 0.6) is 5.88 Å². The van der Waals surface area contributed by atoms with E-state index >= 15 is 0 Å². The molecule has 7 heteroatoms. The molecule has 2 N–H and O–H groups in total. The third kappa shape index (κ3) is 3.05. The molecule has 2 heterocycles. The van der Waals surface area contributed by atoms with E-state index in [1.807, 2.05) is 0 Å². The Kier molecular flexibility index (Phi) is 4.40. The first kappa shape index (κ1) is 13.4. The van der Waals surface area contributed by atoms with Crippen LogP contribution in [0.3, 0.4) is 0 Å². The molecule has 0 fully saturated rings. The molecule has 0 radical (unpaired) electrons. The number of aromatic nitrogens is 4. The lowest BCUT2D eigenvalue weighted by Gasteiger charge is -2.06. The highest BCUT2D eigenvalue weighted by atomic mass is 16.5. The third-order valence-corrected chi connectivity index (χ3v) is 2.79. The molecule has 2 rings (SSSR count). The summed E-state index contributed by atoms with van der Waals surface area (Å²) in [4.78, 5) is 12.4. The second kappa shape index (κ2) is 6.24. The molecule has 0 aliphatic carbocycles. The first-order chi connectivity index (χ1) is 9.28. The largest absolute Gasteiger partial charge is 0.481 e. The van der Waals surface area contributed by atoms with Crippen LogP contribution in [0.15, 0.2) is 16.9 Å². The number of hydrogen-bond acceptors (Lipinski definition) is 7. The highest BCUT2D eigenvalue weighted by Gasteiger charge is 2.18. The van der Waals surface area contributed by atoms with Crippen molar-refractivity contribution in [2.45, 2.75) is 25.7 Å². The van der Waals surface area contributed by atoms with Crippen LogP contribution in [0.25, 0.3) is 11.5 Å². The third-order valence-electron chi connectivity index (χ3n) is 2.79. The molecular formula is C12H17N5O2. The second-order valence-corrected chi connectivity index (χ2v) is 4.12. The smallest absolute Gasteiger partial charge is 0.231 e. The molecule has 0 spiro atoms. The number of ether oxygens (including phenoxy) is 1. The fraction of sp³-hybridized carbons (Fsp3) is 0.500. The summed E-state index contributed by atoms with van der Waals surface area (Å²) in [6, 6.07) is 1.66. The van der Waals surface area contributed by atoms with Crippen molar-refractivity contribution < 1.29 is 9.26 Å². The molecular weight excluding hydrogens is 246 g/mol. The lowest BCUT2D eigenvalue weighted by molar-refractivity contribution is 0.347. The van der Waals surface area contributed by atoms with Crippen molar-refractivity contribution in [2.24, 2.45) is 5.73 Å². The summed E-state index contributed by atoms with van der Waals surface area (Å²) in [6.07, 6.45) is 3.34. The normalized spacial score (nSPS) is 12.4. The highest BCUT2D eigenvalue weighted by Crippen LogP contribution is 2.22. The highest BCUT2D eigenvalue weighted by molar-refractivity contribution is 5.49. The first-order valence-corrected chi connectivity index (χ1v) is 6.18. The van der Waals surface area contributed by atoms with Gasteiger partial charge in [0.15, 0.2) is 0 Å². The Bertz CT molecular complexity index is 528.